The monoisotopic (exact) mass is 602 g/mol. The van der Waals surface area contributed by atoms with E-state index < -0.39 is 41.5 Å². The minimum atomic E-state index is -4.97. The van der Waals surface area contributed by atoms with Crippen LogP contribution in [-0.4, -0.2) is 58.9 Å². The van der Waals surface area contributed by atoms with Gasteiger partial charge in [0.1, 0.15) is 5.82 Å². The van der Waals surface area contributed by atoms with Crippen LogP contribution in [0, 0.1) is 0 Å². The van der Waals surface area contributed by atoms with E-state index in [4.69, 9.17) is 16.3 Å². The van der Waals surface area contributed by atoms with Crippen LogP contribution in [0.15, 0.2) is 36.5 Å². The van der Waals surface area contributed by atoms with Crippen molar-refractivity contribution in [2.45, 2.75) is 88.0 Å². The van der Waals surface area contributed by atoms with Crippen molar-refractivity contribution in [1.82, 2.24) is 15.6 Å². The smallest absolute Gasteiger partial charge is 0.474 e. The lowest BCUT2D eigenvalue weighted by molar-refractivity contribution is -0.275. The Morgan fingerprint density at radius 3 is 2.24 bits per heavy atom. The summed E-state index contributed by atoms with van der Waals surface area (Å²) in [6.45, 7) is 2.90. The molecule has 2 bridgehead atoms. The number of benzene rings is 1. The van der Waals surface area contributed by atoms with Crippen LogP contribution in [0.3, 0.4) is 0 Å². The normalized spacial score (nSPS) is 24.9. The first-order valence-corrected chi connectivity index (χ1v) is 13.5. The van der Waals surface area contributed by atoms with Crippen LogP contribution in [0.4, 0.5) is 27.8 Å². The quantitative estimate of drug-likeness (QED) is 0.401. The summed E-state index contributed by atoms with van der Waals surface area (Å²) in [5.74, 6) is -4.24. The minimum Gasteiger partial charge on any atom is -0.474 e. The van der Waals surface area contributed by atoms with Crippen molar-refractivity contribution in [3.63, 3.8) is 0 Å². The van der Waals surface area contributed by atoms with E-state index in [1.54, 1.807) is 12.1 Å². The summed E-state index contributed by atoms with van der Waals surface area (Å²) in [5.41, 5.74) is -1.34. The molecule has 1 aromatic carbocycles. The highest BCUT2D eigenvalue weighted by Crippen LogP contribution is 2.42. The predicted octanol–water partition coefficient (Wildman–Crippen LogP) is 5.24. The van der Waals surface area contributed by atoms with Gasteiger partial charge in [-0.2, -0.15) is 0 Å². The SMILES string of the molecule is CC(C)(Oc1ccc(Cl)cc1OC(F)(F)F)C(=O)NC1CC2CCC(C1)N2c1ccc(C(=O)NC2CC2(F)F)cn1. The molecule has 2 N–H and O–H groups in total. The van der Waals surface area contributed by atoms with Gasteiger partial charge in [-0.05, 0) is 63.8 Å². The van der Waals surface area contributed by atoms with E-state index >= 15 is 0 Å². The Balaban J connectivity index is 1.19. The molecule has 2 saturated heterocycles. The molecule has 3 heterocycles. The number of nitrogens with one attached hydrogen (secondary N) is 2. The van der Waals surface area contributed by atoms with Crippen molar-refractivity contribution >= 4 is 29.2 Å². The van der Waals surface area contributed by atoms with Crippen molar-refractivity contribution in [3.8, 4) is 11.5 Å². The van der Waals surface area contributed by atoms with E-state index in [-0.39, 0.29) is 40.9 Å². The summed E-state index contributed by atoms with van der Waals surface area (Å²) in [6.07, 6.45) is -1.05. The molecular formula is C27H28ClF5N4O4. The second-order valence-electron chi connectivity index (χ2n) is 11.1. The van der Waals surface area contributed by atoms with Crippen LogP contribution in [0.25, 0.3) is 0 Å². The highest BCUT2D eigenvalue weighted by molar-refractivity contribution is 6.30. The molecule has 2 amide bonds. The number of anilines is 1. The molecule has 0 spiro atoms. The third-order valence-electron chi connectivity index (χ3n) is 7.52. The maximum absolute atomic E-state index is 13.2. The number of alkyl halides is 5. The lowest BCUT2D eigenvalue weighted by Gasteiger charge is -2.40. The van der Waals surface area contributed by atoms with Crippen LogP contribution in [0.2, 0.25) is 5.02 Å². The third-order valence-corrected chi connectivity index (χ3v) is 7.75. The molecule has 41 heavy (non-hydrogen) atoms. The van der Waals surface area contributed by atoms with Gasteiger partial charge in [0.2, 0.25) is 0 Å². The Morgan fingerprint density at radius 1 is 1.02 bits per heavy atom. The summed E-state index contributed by atoms with van der Waals surface area (Å²) in [5, 5.41) is 5.28. The highest BCUT2D eigenvalue weighted by Gasteiger charge is 2.58. The number of aromatic nitrogens is 1. The van der Waals surface area contributed by atoms with Gasteiger partial charge in [0.25, 0.3) is 17.7 Å². The fourth-order valence-electron chi connectivity index (χ4n) is 5.40. The standard InChI is InChI=1S/C27H28ClF5N4O4/c1-25(2,40-19-7-4-15(28)9-20(19)41-27(31,32)33)24(39)35-16-10-17-5-6-18(11-16)37(17)22-8-3-14(13-34-22)23(38)36-21-12-26(21,29)30/h3-4,7-9,13,16-18,21H,5-6,10-12H2,1-2H3,(H,35,39)(H,36,38). The number of carbonyl (C=O) groups excluding carboxylic acids is 2. The molecule has 3 unspecified atom stereocenters. The molecule has 2 aliphatic heterocycles. The zero-order valence-corrected chi connectivity index (χ0v) is 22.9. The fourth-order valence-corrected chi connectivity index (χ4v) is 5.57. The number of halogens is 6. The molecule has 3 aliphatic rings. The number of piperidine rings is 1. The second-order valence-corrected chi connectivity index (χ2v) is 11.5. The summed E-state index contributed by atoms with van der Waals surface area (Å²) in [6, 6.07) is 5.52. The Kier molecular flexibility index (Phi) is 7.46. The average Bonchev–Trinajstić information content (AvgIpc) is 3.38. The van der Waals surface area contributed by atoms with Gasteiger partial charge in [-0.3, -0.25) is 9.59 Å². The molecule has 2 aromatic rings. The van der Waals surface area contributed by atoms with Gasteiger partial charge in [0, 0.05) is 41.8 Å². The molecule has 1 aromatic heterocycles. The summed E-state index contributed by atoms with van der Waals surface area (Å²) in [4.78, 5) is 32.0. The molecule has 222 valence electrons. The number of amides is 2. The lowest BCUT2D eigenvalue weighted by atomic mass is 9.96. The van der Waals surface area contributed by atoms with E-state index in [0.29, 0.717) is 18.7 Å². The number of fused-ring (bicyclic) bond motifs is 2. The van der Waals surface area contributed by atoms with Crippen molar-refractivity contribution in [2.24, 2.45) is 0 Å². The van der Waals surface area contributed by atoms with Gasteiger partial charge in [0.05, 0.1) is 11.6 Å². The maximum Gasteiger partial charge on any atom is 0.573 e. The number of hydrogen-bond donors (Lipinski definition) is 2. The zero-order valence-electron chi connectivity index (χ0n) is 22.1. The number of pyridine rings is 1. The maximum atomic E-state index is 13.2. The first kappa shape index (κ1) is 29.2. The van der Waals surface area contributed by atoms with Gasteiger partial charge in [-0.25, -0.2) is 13.8 Å². The number of hydrogen-bond acceptors (Lipinski definition) is 6. The minimum absolute atomic E-state index is 0.0106. The molecule has 1 aliphatic carbocycles. The van der Waals surface area contributed by atoms with Crippen LogP contribution >= 0.6 is 11.6 Å². The number of rotatable bonds is 8. The first-order valence-electron chi connectivity index (χ1n) is 13.1. The Hall–Kier alpha value is -3.35. The van der Waals surface area contributed by atoms with Crippen LogP contribution in [0.5, 0.6) is 11.5 Å². The topological polar surface area (TPSA) is 92.8 Å². The number of nitrogens with zero attached hydrogens (tertiary/aromatic N) is 2. The van der Waals surface area contributed by atoms with E-state index in [2.05, 4.69) is 25.3 Å². The first-order chi connectivity index (χ1) is 19.1. The molecular weight excluding hydrogens is 575 g/mol. The molecule has 5 rings (SSSR count). The summed E-state index contributed by atoms with van der Waals surface area (Å²) < 4.78 is 74.5. The lowest BCUT2D eigenvalue weighted by Crippen LogP contribution is -2.55. The van der Waals surface area contributed by atoms with Gasteiger partial charge in [0.15, 0.2) is 17.1 Å². The number of carbonyl (C=O) groups is 2. The number of ether oxygens (including phenoxy) is 2. The van der Waals surface area contributed by atoms with Crippen molar-refractivity contribution in [2.75, 3.05) is 4.90 Å². The Morgan fingerprint density at radius 2 is 1.68 bits per heavy atom. The van der Waals surface area contributed by atoms with Gasteiger partial charge in [-0.1, -0.05) is 11.6 Å². The fraction of sp³-hybridized carbons (Fsp3) is 0.519. The van der Waals surface area contributed by atoms with E-state index in [0.717, 1.165) is 18.9 Å². The third kappa shape index (κ3) is 6.60. The second kappa shape index (κ2) is 10.5. The Labute approximate surface area is 237 Å². The van der Waals surface area contributed by atoms with E-state index in [1.807, 2.05) is 0 Å². The highest BCUT2D eigenvalue weighted by atomic mass is 35.5. The largest absolute Gasteiger partial charge is 0.573 e. The molecule has 0 radical (unpaired) electrons. The molecule has 8 nitrogen and oxygen atoms in total. The van der Waals surface area contributed by atoms with Crippen molar-refractivity contribution < 1.29 is 41.0 Å². The zero-order chi connectivity index (χ0) is 29.7. The van der Waals surface area contributed by atoms with Crippen LogP contribution < -0.4 is 25.0 Å². The van der Waals surface area contributed by atoms with Crippen molar-refractivity contribution in [3.05, 3.63) is 47.1 Å². The predicted molar refractivity (Wildman–Crippen MR) is 138 cm³/mol. The van der Waals surface area contributed by atoms with Crippen LogP contribution in [-0.2, 0) is 4.79 Å². The van der Waals surface area contributed by atoms with Crippen LogP contribution in [0.1, 0.15) is 56.3 Å². The molecule has 1 saturated carbocycles. The van der Waals surface area contributed by atoms with Gasteiger partial charge >= 0.3 is 6.36 Å². The van der Waals surface area contributed by atoms with Gasteiger partial charge < -0.3 is 25.0 Å². The van der Waals surface area contributed by atoms with Crippen molar-refractivity contribution in [1.29, 1.82) is 0 Å². The molecule has 3 atom stereocenters. The van der Waals surface area contributed by atoms with E-state index in [1.165, 1.54) is 32.2 Å². The van der Waals surface area contributed by atoms with E-state index in [9.17, 15) is 31.5 Å². The van der Waals surface area contributed by atoms with Gasteiger partial charge in [-0.15, -0.1) is 13.2 Å². The molecule has 14 heteroatoms. The Bertz CT molecular complexity index is 1310. The summed E-state index contributed by atoms with van der Waals surface area (Å²) >= 11 is 5.82. The molecule has 3 fully saturated rings. The summed E-state index contributed by atoms with van der Waals surface area (Å²) in [7, 11) is 0. The average molecular weight is 603 g/mol.